The van der Waals surface area contributed by atoms with Crippen molar-refractivity contribution in [2.45, 2.75) is 6.04 Å². The van der Waals surface area contributed by atoms with Crippen molar-refractivity contribution in [3.63, 3.8) is 0 Å². The Morgan fingerprint density at radius 1 is 1.11 bits per heavy atom. The molecule has 28 heavy (non-hydrogen) atoms. The van der Waals surface area contributed by atoms with Crippen LogP contribution in [0.25, 0.3) is 0 Å². The predicted octanol–water partition coefficient (Wildman–Crippen LogP) is 1.60. The summed E-state index contributed by atoms with van der Waals surface area (Å²) in [4.78, 5) is 26.8. The summed E-state index contributed by atoms with van der Waals surface area (Å²) in [5.74, 6) is -0.231. The Hall–Kier alpha value is -2.62. The van der Waals surface area contributed by atoms with Crippen molar-refractivity contribution in [2.75, 3.05) is 45.0 Å². The van der Waals surface area contributed by atoms with Gasteiger partial charge < -0.3 is 24.8 Å². The van der Waals surface area contributed by atoms with E-state index >= 15 is 0 Å². The normalized spacial score (nSPS) is 17.1. The van der Waals surface area contributed by atoms with Gasteiger partial charge in [0.2, 0.25) is 6.79 Å². The lowest BCUT2D eigenvalue weighted by atomic mass is 10.1. The van der Waals surface area contributed by atoms with E-state index in [0.717, 1.165) is 18.7 Å². The number of carbonyl (C=O) groups is 2. The number of hydrogen-bond donors (Lipinski definition) is 2. The second-order valence-electron chi connectivity index (χ2n) is 6.45. The standard InChI is InChI=1S/C19H21N3O5S/c23-18(19(24)21-14-1-2-16-17(9-14)27-12-26-16)20-10-15(13-3-8-28-11-13)22-4-6-25-7-5-22/h1-3,8-9,11,15H,4-7,10,12H2,(H,20,23)(H,21,24)/t15-/m0/s1. The van der Waals surface area contributed by atoms with Crippen LogP contribution in [0.3, 0.4) is 0 Å². The van der Waals surface area contributed by atoms with E-state index in [0.29, 0.717) is 36.9 Å². The zero-order valence-electron chi connectivity index (χ0n) is 15.2. The SMILES string of the molecule is O=C(NC[C@@H](c1ccsc1)N1CCOCC1)C(=O)Nc1ccc2c(c1)OCO2. The van der Waals surface area contributed by atoms with Crippen molar-refractivity contribution in [1.82, 2.24) is 10.2 Å². The number of nitrogens with one attached hydrogen (secondary N) is 2. The molecule has 2 aromatic rings. The van der Waals surface area contributed by atoms with Crippen molar-refractivity contribution in [1.29, 1.82) is 0 Å². The lowest BCUT2D eigenvalue weighted by Crippen LogP contribution is -2.45. The highest BCUT2D eigenvalue weighted by Crippen LogP contribution is 2.34. The average Bonchev–Trinajstić information content (AvgIpc) is 3.40. The molecule has 1 saturated heterocycles. The number of ether oxygens (including phenoxy) is 3. The molecule has 148 valence electrons. The second-order valence-corrected chi connectivity index (χ2v) is 7.23. The van der Waals surface area contributed by atoms with Crippen molar-refractivity contribution in [3.8, 4) is 11.5 Å². The molecule has 1 aromatic carbocycles. The Labute approximate surface area is 166 Å². The van der Waals surface area contributed by atoms with Gasteiger partial charge in [-0.05, 0) is 34.5 Å². The number of fused-ring (bicyclic) bond motifs is 1. The van der Waals surface area contributed by atoms with Crippen LogP contribution < -0.4 is 20.1 Å². The van der Waals surface area contributed by atoms with Crippen LogP contribution in [0.1, 0.15) is 11.6 Å². The Balaban J connectivity index is 1.35. The number of hydrogen-bond acceptors (Lipinski definition) is 7. The predicted molar refractivity (Wildman–Crippen MR) is 104 cm³/mol. The maximum absolute atomic E-state index is 12.3. The highest BCUT2D eigenvalue weighted by molar-refractivity contribution is 7.08. The van der Waals surface area contributed by atoms with Crippen molar-refractivity contribution in [3.05, 3.63) is 40.6 Å². The monoisotopic (exact) mass is 403 g/mol. The van der Waals surface area contributed by atoms with Crippen molar-refractivity contribution >= 4 is 28.8 Å². The average molecular weight is 403 g/mol. The Morgan fingerprint density at radius 3 is 2.71 bits per heavy atom. The number of rotatable bonds is 5. The lowest BCUT2D eigenvalue weighted by Gasteiger charge is -2.34. The first-order chi connectivity index (χ1) is 13.7. The molecular formula is C19H21N3O5S. The highest BCUT2D eigenvalue weighted by Gasteiger charge is 2.25. The largest absolute Gasteiger partial charge is 0.454 e. The number of nitrogens with zero attached hydrogens (tertiary/aromatic N) is 1. The van der Waals surface area contributed by atoms with E-state index in [1.165, 1.54) is 0 Å². The smallest absolute Gasteiger partial charge is 0.313 e. The topological polar surface area (TPSA) is 89.1 Å². The quantitative estimate of drug-likeness (QED) is 0.738. The van der Waals surface area contributed by atoms with Crippen LogP contribution in [0.4, 0.5) is 5.69 Å². The zero-order valence-corrected chi connectivity index (χ0v) is 16.0. The number of morpholine rings is 1. The summed E-state index contributed by atoms with van der Waals surface area (Å²) in [6.45, 7) is 3.42. The zero-order chi connectivity index (χ0) is 19.3. The summed E-state index contributed by atoms with van der Waals surface area (Å²) in [5.41, 5.74) is 1.61. The molecule has 0 aliphatic carbocycles. The number of thiophene rings is 1. The molecule has 2 amide bonds. The fraction of sp³-hybridized carbons (Fsp3) is 0.368. The van der Waals surface area contributed by atoms with E-state index in [1.54, 1.807) is 29.5 Å². The molecule has 9 heteroatoms. The molecule has 2 aliphatic rings. The molecule has 0 unspecified atom stereocenters. The molecule has 0 spiro atoms. The van der Waals surface area contributed by atoms with Gasteiger partial charge >= 0.3 is 11.8 Å². The van der Waals surface area contributed by atoms with E-state index < -0.39 is 11.8 Å². The lowest BCUT2D eigenvalue weighted by molar-refractivity contribution is -0.136. The summed E-state index contributed by atoms with van der Waals surface area (Å²) < 4.78 is 15.9. The first kappa shape index (κ1) is 18.7. The van der Waals surface area contributed by atoms with E-state index in [9.17, 15) is 9.59 Å². The molecule has 0 bridgehead atoms. The molecule has 2 aliphatic heterocycles. The molecule has 1 fully saturated rings. The van der Waals surface area contributed by atoms with Crippen LogP contribution in [0.15, 0.2) is 35.0 Å². The molecule has 2 N–H and O–H groups in total. The van der Waals surface area contributed by atoms with E-state index in [-0.39, 0.29) is 12.8 Å². The van der Waals surface area contributed by atoms with Gasteiger partial charge in [-0.15, -0.1) is 0 Å². The summed E-state index contributed by atoms with van der Waals surface area (Å²) >= 11 is 1.61. The fourth-order valence-corrected chi connectivity index (χ4v) is 3.95. The Kier molecular flexibility index (Phi) is 5.75. The molecule has 4 rings (SSSR count). The maximum atomic E-state index is 12.3. The van der Waals surface area contributed by atoms with Crippen LogP contribution in [0.5, 0.6) is 11.5 Å². The Morgan fingerprint density at radius 2 is 1.93 bits per heavy atom. The van der Waals surface area contributed by atoms with Gasteiger partial charge in [0.25, 0.3) is 0 Å². The Bertz CT molecular complexity index is 836. The molecule has 0 radical (unpaired) electrons. The van der Waals surface area contributed by atoms with Gasteiger partial charge in [-0.1, -0.05) is 0 Å². The molecule has 1 aromatic heterocycles. The molecule has 1 atom stereocenters. The second kappa shape index (κ2) is 8.59. The van der Waals surface area contributed by atoms with Crippen LogP contribution in [0.2, 0.25) is 0 Å². The van der Waals surface area contributed by atoms with E-state index in [2.05, 4.69) is 20.9 Å². The van der Waals surface area contributed by atoms with Gasteiger partial charge in [0, 0.05) is 31.4 Å². The first-order valence-corrected chi connectivity index (χ1v) is 9.98. The van der Waals surface area contributed by atoms with Gasteiger partial charge in [-0.3, -0.25) is 14.5 Å². The molecule has 3 heterocycles. The molecule has 0 saturated carbocycles. The van der Waals surface area contributed by atoms with Crippen LogP contribution in [-0.4, -0.2) is 56.4 Å². The van der Waals surface area contributed by atoms with Gasteiger partial charge in [-0.2, -0.15) is 11.3 Å². The summed E-state index contributed by atoms with van der Waals surface area (Å²) in [5, 5.41) is 9.43. The van der Waals surface area contributed by atoms with Gasteiger partial charge in [0.1, 0.15) is 0 Å². The minimum atomic E-state index is -0.718. The van der Waals surface area contributed by atoms with Crippen LogP contribution >= 0.6 is 11.3 Å². The minimum Gasteiger partial charge on any atom is -0.454 e. The van der Waals surface area contributed by atoms with Crippen molar-refractivity contribution in [2.24, 2.45) is 0 Å². The van der Waals surface area contributed by atoms with Gasteiger partial charge in [-0.25, -0.2) is 0 Å². The van der Waals surface area contributed by atoms with E-state index in [1.807, 2.05) is 11.4 Å². The maximum Gasteiger partial charge on any atom is 0.313 e. The third-order valence-corrected chi connectivity index (χ3v) is 5.41. The molecular weight excluding hydrogens is 382 g/mol. The van der Waals surface area contributed by atoms with Crippen LogP contribution in [-0.2, 0) is 14.3 Å². The number of carbonyl (C=O) groups excluding carboxylic acids is 2. The number of anilines is 1. The fourth-order valence-electron chi connectivity index (χ4n) is 3.24. The van der Waals surface area contributed by atoms with Crippen LogP contribution in [0, 0.1) is 0 Å². The first-order valence-electron chi connectivity index (χ1n) is 9.03. The van der Waals surface area contributed by atoms with Gasteiger partial charge in [0.05, 0.1) is 19.3 Å². The molecule has 8 nitrogen and oxygen atoms in total. The van der Waals surface area contributed by atoms with E-state index in [4.69, 9.17) is 14.2 Å². The minimum absolute atomic E-state index is 0.0115. The van der Waals surface area contributed by atoms with Crippen molar-refractivity contribution < 1.29 is 23.8 Å². The number of amides is 2. The number of benzene rings is 1. The highest BCUT2D eigenvalue weighted by atomic mass is 32.1. The van der Waals surface area contributed by atoms with Gasteiger partial charge in [0.15, 0.2) is 11.5 Å². The summed E-state index contributed by atoms with van der Waals surface area (Å²) in [6, 6.07) is 7.05. The third kappa shape index (κ3) is 4.27. The summed E-state index contributed by atoms with van der Waals surface area (Å²) in [7, 11) is 0. The third-order valence-electron chi connectivity index (χ3n) is 4.71. The summed E-state index contributed by atoms with van der Waals surface area (Å²) in [6.07, 6.45) is 0.